The van der Waals surface area contributed by atoms with Crippen LogP contribution in [-0.4, -0.2) is 18.1 Å². The van der Waals surface area contributed by atoms with Gasteiger partial charge in [0.1, 0.15) is 19.0 Å². The van der Waals surface area contributed by atoms with Gasteiger partial charge in [-0.25, -0.2) is 0 Å². The number of nitro groups is 1. The molecule has 0 aliphatic rings. The topological polar surface area (TPSA) is 85.4 Å². The monoisotopic (exact) mass is 298 g/mol. The number of aryl methyl sites for hydroxylation is 1. The molecule has 6 nitrogen and oxygen atoms in total. The Morgan fingerprint density at radius 3 is 2.45 bits per heavy atom. The molecular weight excluding hydrogens is 284 g/mol. The average molecular weight is 298 g/mol. The van der Waals surface area contributed by atoms with E-state index in [1.165, 1.54) is 6.07 Å². The van der Waals surface area contributed by atoms with E-state index in [9.17, 15) is 10.1 Å². The van der Waals surface area contributed by atoms with Gasteiger partial charge in [0, 0.05) is 6.07 Å². The van der Waals surface area contributed by atoms with Crippen molar-refractivity contribution in [3.63, 3.8) is 0 Å². The highest BCUT2D eigenvalue weighted by atomic mass is 16.6. The second-order valence-electron chi connectivity index (χ2n) is 4.56. The van der Waals surface area contributed by atoms with Crippen LogP contribution in [0.15, 0.2) is 42.5 Å². The third-order valence-corrected chi connectivity index (χ3v) is 2.91. The molecule has 0 radical (unpaired) electrons. The number of ether oxygens (including phenoxy) is 2. The molecule has 0 aromatic heterocycles. The zero-order valence-corrected chi connectivity index (χ0v) is 12.0. The number of nitriles is 1. The summed E-state index contributed by atoms with van der Waals surface area (Å²) in [5, 5.41) is 19.6. The molecule has 0 spiro atoms. The van der Waals surface area contributed by atoms with Crippen LogP contribution in [0.25, 0.3) is 0 Å². The molecule has 0 unspecified atom stereocenters. The van der Waals surface area contributed by atoms with Gasteiger partial charge in [0.05, 0.1) is 16.6 Å². The highest BCUT2D eigenvalue weighted by Crippen LogP contribution is 2.27. The van der Waals surface area contributed by atoms with Crippen molar-refractivity contribution in [3.8, 4) is 17.6 Å². The molecule has 0 fully saturated rings. The van der Waals surface area contributed by atoms with Gasteiger partial charge < -0.3 is 9.47 Å². The first-order valence-electron chi connectivity index (χ1n) is 6.61. The molecule has 0 amide bonds. The molecule has 0 heterocycles. The van der Waals surface area contributed by atoms with E-state index in [0.29, 0.717) is 11.3 Å². The molecule has 112 valence electrons. The Morgan fingerprint density at radius 1 is 1.14 bits per heavy atom. The number of nitrogens with zero attached hydrogens (tertiary/aromatic N) is 2. The van der Waals surface area contributed by atoms with Gasteiger partial charge in [-0.2, -0.15) is 5.26 Å². The fraction of sp³-hybridized carbons (Fsp3) is 0.188. The predicted molar refractivity (Wildman–Crippen MR) is 80.0 cm³/mol. The van der Waals surface area contributed by atoms with Gasteiger partial charge in [-0.1, -0.05) is 6.07 Å². The summed E-state index contributed by atoms with van der Waals surface area (Å²) in [4.78, 5) is 10.4. The lowest BCUT2D eigenvalue weighted by Crippen LogP contribution is -2.10. The molecule has 0 aliphatic carbocycles. The van der Waals surface area contributed by atoms with Crippen molar-refractivity contribution in [2.24, 2.45) is 0 Å². The molecule has 0 aliphatic heterocycles. The fourth-order valence-electron chi connectivity index (χ4n) is 1.82. The van der Waals surface area contributed by atoms with Crippen molar-refractivity contribution in [1.82, 2.24) is 0 Å². The van der Waals surface area contributed by atoms with E-state index in [2.05, 4.69) is 0 Å². The molecule has 22 heavy (non-hydrogen) atoms. The zero-order chi connectivity index (χ0) is 15.9. The minimum atomic E-state index is -0.476. The second-order valence-corrected chi connectivity index (χ2v) is 4.56. The van der Waals surface area contributed by atoms with Crippen molar-refractivity contribution in [2.45, 2.75) is 6.92 Å². The standard InChI is InChI=1S/C16H14N2O4/c1-12-2-7-15(18(19)20)16(10-12)22-9-8-21-14-5-3-13(11-17)4-6-14/h2-7,10H,8-9H2,1H3. The first-order valence-corrected chi connectivity index (χ1v) is 6.61. The van der Waals surface area contributed by atoms with E-state index in [1.807, 2.05) is 13.0 Å². The van der Waals surface area contributed by atoms with E-state index in [0.717, 1.165) is 5.56 Å². The highest BCUT2D eigenvalue weighted by Gasteiger charge is 2.14. The Balaban J connectivity index is 1.90. The minimum Gasteiger partial charge on any atom is -0.490 e. The summed E-state index contributed by atoms with van der Waals surface area (Å²) in [6, 6.07) is 13.4. The molecule has 2 rings (SSSR count). The van der Waals surface area contributed by atoms with Gasteiger partial charge in [0.25, 0.3) is 0 Å². The summed E-state index contributed by atoms with van der Waals surface area (Å²) in [5.41, 5.74) is 1.37. The lowest BCUT2D eigenvalue weighted by Gasteiger charge is -2.09. The summed E-state index contributed by atoms with van der Waals surface area (Å²) in [7, 11) is 0. The van der Waals surface area contributed by atoms with Crippen LogP contribution in [0.5, 0.6) is 11.5 Å². The van der Waals surface area contributed by atoms with E-state index < -0.39 is 4.92 Å². The number of benzene rings is 2. The van der Waals surface area contributed by atoms with Crippen molar-refractivity contribution in [2.75, 3.05) is 13.2 Å². The highest BCUT2D eigenvalue weighted by molar-refractivity contribution is 5.48. The van der Waals surface area contributed by atoms with Crippen molar-refractivity contribution < 1.29 is 14.4 Å². The van der Waals surface area contributed by atoms with Crippen molar-refractivity contribution in [1.29, 1.82) is 5.26 Å². The fourth-order valence-corrected chi connectivity index (χ4v) is 1.82. The maximum Gasteiger partial charge on any atom is 0.310 e. The normalized spacial score (nSPS) is 9.82. The van der Waals surface area contributed by atoms with Crippen LogP contribution < -0.4 is 9.47 Å². The molecule has 0 atom stereocenters. The van der Waals surface area contributed by atoms with Gasteiger partial charge in [0.2, 0.25) is 0 Å². The van der Waals surface area contributed by atoms with E-state index in [-0.39, 0.29) is 24.7 Å². The van der Waals surface area contributed by atoms with Crippen LogP contribution in [0.1, 0.15) is 11.1 Å². The number of rotatable bonds is 6. The summed E-state index contributed by atoms with van der Waals surface area (Å²) >= 11 is 0. The quantitative estimate of drug-likeness (QED) is 0.464. The number of hydrogen-bond acceptors (Lipinski definition) is 5. The Kier molecular flexibility index (Phi) is 4.94. The maximum atomic E-state index is 10.9. The Hall–Kier alpha value is -3.07. The van der Waals surface area contributed by atoms with Crippen LogP contribution in [-0.2, 0) is 0 Å². The van der Waals surface area contributed by atoms with Crippen molar-refractivity contribution >= 4 is 5.69 Å². The molecule has 2 aromatic rings. The molecule has 2 aromatic carbocycles. The number of hydrogen-bond donors (Lipinski definition) is 0. The first-order chi connectivity index (χ1) is 10.6. The maximum absolute atomic E-state index is 10.9. The van der Waals surface area contributed by atoms with Crippen LogP contribution in [0, 0.1) is 28.4 Å². The van der Waals surface area contributed by atoms with E-state index in [4.69, 9.17) is 14.7 Å². The van der Waals surface area contributed by atoms with Crippen LogP contribution in [0.4, 0.5) is 5.69 Å². The molecule has 0 saturated carbocycles. The van der Waals surface area contributed by atoms with Crippen LogP contribution >= 0.6 is 0 Å². The van der Waals surface area contributed by atoms with Gasteiger partial charge in [-0.05, 0) is 42.8 Å². The van der Waals surface area contributed by atoms with E-state index in [1.54, 1.807) is 36.4 Å². The summed E-state index contributed by atoms with van der Waals surface area (Å²) in [6.07, 6.45) is 0. The molecular formula is C16H14N2O4. The first kappa shape index (κ1) is 15.3. The lowest BCUT2D eigenvalue weighted by molar-refractivity contribution is -0.385. The largest absolute Gasteiger partial charge is 0.490 e. The zero-order valence-electron chi connectivity index (χ0n) is 12.0. The number of nitro benzene ring substituents is 1. The SMILES string of the molecule is Cc1ccc([N+](=O)[O-])c(OCCOc2ccc(C#N)cc2)c1. The second kappa shape index (κ2) is 7.09. The molecule has 6 heteroatoms. The Bertz CT molecular complexity index is 705. The van der Waals surface area contributed by atoms with Crippen LogP contribution in [0.2, 0.25) is 0 Å². The minimum absolute atomic E-state index is 0.0658. The summed E-state index contributed by atoms with van der Waals surface area (Å²) < 4.78 is 10.9. The third kappa shape index (κ3) is 3.96. The van der Waals surface area contributed by atoms with Gasteiger partial charge in [0.15, 0.2) is 5.75 Å². The smallest absolute Gasteiger partial charge is 0.310 e. The van der Waals surface area contributed by atoms with Gasteiger partial charge in [-0.3, -0.25) is 10.1 Å². The Morgan fingerprint density at radius 2 is 1.82 bits per heavy atom. The Labute approximate surface area is 127 Å². The van der Waals surface area contributed by atoms with Crippen molar-refractivity contribution in [3.05, 3.63) is 63.7 Å². The third-order valence-electron chi connectivity index (χ3n) is 2.91. The average Bonchev–Trinajstić information content (AvgIpc) is 2.52. The van der Waals surface area contributed by atoms with Gasteiger partial charge in [-0.15, -0.1) is 0 Å². The summed E-state index contributed by atoms with van der Waals surface area (Å²) in [5.74, 6) is 0.842. The lowest BCUT2D eigenvalue weighted by atomic mass is 10.2. The molecule has 0 saturated heterocycles. The van der Waals surface area contributed by atoms with Gasteiger partial charge >= 0.3 is 5.69 Å². The molecule has 0 bridgehead atoms. The van der Waals surface area contributed by atoms with E-state index >= 15 is 0 Å². The summed E-state index contributed by atoms with van der Waals surface area (Å²) in [6.45, 7) is 2.27. The predicted octanol–water partition coefficient (Wildman–Crippen LogP) is 3.23. The van der Waals surface area contributed by atoms with Crippen LogP contribution in [0.3, 0.4) is 0 Å². The molecule has 0 N–H and O–H groups in total.